The van der Waals surface area contributed by atoms with Crippen molar-refractivity contribution in [2.24, 2.45) is 5.84 Å². The van der Waals surface area contributed by atoms with Crippen LogP contribution in [0.4, 0.5) is 4.39 Å². The molecule has 0 aliphatic heterocycles. The largest absolute Gasteiger partial charge is 0.271 e. The molecule has 1 unspecified atom stereocenters. The molecule has 2 rings (SSSR count). The average Bonchev–Trinajstić information content (AvgIpc) is 2.71. The van der Waals surface area contributed by atoms with Gasteiger partial charge >= 0.3 is 0 Å². The topological polar surface area (TPSA) is 38.0 Å². The lowest BCUT2D eigenvalue weighted by Gasteiger charge is -2.14. The number of thiophene rings is 1. The maximum Gasteiger partial charge on any atom is 0.124 e. The first kappa shape index (κ1) is 14.1. The highest BCUT2D eigenvalue weighted by atomic mass is 79.9. The van der Waals surface area contributed by atoms with Crippen LogP contribution in [0.1, 0.15) is 16.5 Å². The predicted octanol–water partition coefficient (Wildman–Crippen LogP) is 4.16. The van der Waals surface area contributed by atoms with E-state index in [1.807, 2.05) is 17.5 Å². The number of halogens is 3. The number of hydrogen-bond acceptors (Lipinski definition) is 3. The number of hydrogen-bond donors (Lipinski definition) is 2. The summed E-state index contributed by atoms with van der Waals surface area (Å²) >= 11 is 8.32. The van der Waals surface area contributed by atoms with Gasteiger partial charge in [-0.15, -0.1) is 11.3 Å². The van der Waals surface area contributed by atoms with Crippen molar-refractivity contribution in [3.63, 3.8) is 0 Å². The van der Waals surface area contributed by atoms with Crippen LogP contribution in [0.2, 0.25) is 0 Å². The van der Waals surface area contributed by atoms with Crippen molar-refractivity contribution in [3.8, 4) is 0 Å². The highest BCUT2D eigenvalue weighted by Gasteiger charge is 2.13. The Kier molecular flexibility index (Phi) is 4.91. The van der Waals surface area contributed by atoms with Gasteiger partial charge in [-0.05, 0) is 52.2 Å². The standard InChI is InChI=1S/C12H11Br2FN2S/c13-8-1-7(2-10(15)4-8)3-11(17-16)12-5-9(14)6-18-12/h1-2,4-6,11,17H,3,16H2. The molecule has 1 aromatic carbocycles. The molecule has 0 bridgehead atoms. The van der Waals surface area contributed by atoms with Gasteiger partial charge in [-0.2, -0.15) is 0 Å². The van der Waals surface area contributed by atoms with Crippen LogP contribution >= 0.6 is 43.2 Å². The van der Waals surface area contributed by atoms with Crippen LogP contribution in [0.5, 0.6) is 0 Å². The molecule has 0 saturated carbocycles. The van der Waals surface area contributed by atoms with E-state index < -0.39 is 0 Å². The van der Waals surface area contributed by atoms with E-state index in [4.69, 9.17) is 5.84 Å². The Balaban J connectivity index is 2.20. The van der Waals surface area contributed by atoms with E-state index in [0.717, 1.165) is 19.4 Å². The van der Waals surface area contributed by atoms with Gasteiger partial charge < -0.3 is 0 Å². The SMILES string of the molecule is NNC(Cc1cc(F)cc(Br)c1)c1cc(Br)cs1. The van der Waals surface area contributed by atoms with Crippen LogP contribution < -0.4 is 11.3 Å². The lowest BCUT2D eigenvalue weighted by Crippen LogP contribution is -2.29. The number of nitrogens with two attached hydrogens (primary N) is 1. The summed E-state index contributed by atoms with van der Waals surface area (Å²) in [5, 5.41) is 2.00. The van der Waals surface area contributed by atoms with Gasteiger partial charge in [-0.3, -0.25) is 11.3 Å². The van der Waals surface area contributed by atoms with Crippen LogP contribution in [-0.2, 0) is 6.42 Å². The predicted molar refractivity (Wildman–Crippen MR) is 79.9 cm³/mol. The summed E-state index contributed by atoms with van der Waals surface area (Å²) in [6.07, 6.45) is 0.639. The van der Waals surface area contributed by atoms with Gasteiger partial charge in [0.25, 0.3) is 0 Å². The molecular formula is C12H11Br2FN2S. The Morgan fingerprint density at radius 1 is 1.22 bits per heavy atom. The summed E-state index contributed by atoms with van der Waals surface area (Å²) in [7, 11) is 0. The van der Waals surface area contributed by atoms with Gasteiger partial charge in [0.05, 0.1) is 6.04 Å². The molecule has 0 saturated heterocycles. The molecule has 0 fully saturated rings. The van der Waals surface area contributed by atoms with Crippen LogP contribution in [-0.4, -0.2) is 0 Å². The van der Waals surface area contributed by atoms with Crippen LogP contribution in [0.15, 0.2) is 38.6 Å². The van der Waals surface area contributed by atoms with Crippen molar-refractivity contribution in [2.45, 2.75) is 12.5 Å². The van der Waals surface area contributed by atoms with Gasteiger partial charge in [0.15, 0.2) is 0 Å². The molecule has 2 aromatic rings. The molecule has 0 amide bonds. The molecule has 1 atom stereocenters. The van der Waals surface area contributed by atoms with Crippen molar-refractivity contribution in [1.82, 2.24) is 5.43 Å². The van der Waals surface area contributed by atoms with Gasteiger partial charge in [0.1, 0.15) is 5.82 Å². The summed E-state index contributed by atoms with van der Waals surface area (Å²) in [6.45, 7) is 0. The van der Waals surface area contributed by atoms with E-state index in [2.05, 4.69) is 37.3 Å². The van der Waals surface area contributed by atoms with E-state index in [1.165, 1.54) is 12.1 Å². The molecular weight excluding hydrogens is 383 g/mol. The summed E-state index contributed by atoms with van der Waals surface area (Å²) in [5.74, 6) is 5.33. The summed E-state index contributed by atoms with van der Waals surface area (Å²) in [6, 6.07) is 6.86. The molecule has 96 valence electrons. The van der Waals surface area contributed by atoms with E-state index in [0.29, 0.717) is 6.42 Å². The minimum atomic E-state index is -0.248. The molecule has 0 radical (unpaired) electrons. The Bertz CT molecular complexity index is 524. The van der Waals surface area contributed by atoms with Gasteiger partial charge in [-0.25, -0.2) is 4.39 Å². The first-order valence-electron chi connectivity index (χ1n) is 5.23. The van der Waals surface area contributed by atoms with Crippen molar-refractivity contribution in [1.29, 1.82) is 0 Å². The summed E-state index contributed by atoms with van der Waals surface area (Å²) in [4.78, 5) is 1.12. The molecule has 1 heterocycles. The maximum atomic E-state index is 13.3. The maximum absolute atomic E-state index is 13.3. The zero-order chi connectivity index (χ0) is 13.1. The van der Waals surface area contributed by atoms with Crippen molar-refractivity contribution < 1.29 is 4.39 Å². The molecule has 18 heavy (non-hydrogen) atoms. The Morgan fingerprint density at radius 3 is 2.56 bits per heavy atom. The first-order valence-corrected chi connectivity index (χ1v) is 7.70. The number of hydrazine groups is 1. The lowest BCUT2D eigenvalue weighted by molar-refractivity contribution is 0.556. The fourth-order valence-corrected chi connectivity index (χ4v) is 3.74. The lowest BCUT2D eigenvalue weighted by atomic mass is 10.1. The van der Waals surface area contributed by atoms with Crippen LogP contribution in [0.25, 0.3) is 0 Å². The second-order valence-electron chi connectivity index (χ2n) is 3.87. The normalized spacial score (nSPS) is 12.7. The smallest absolute Gasteiger partial charge is 0.124 e. The average molecular weight is 394 g/mol. The van der Waals surface area contributed by atoms with Gasteiger partial charge in [-0.1, -0.05) is 15.9 Å². The third-order valence-electron chi connectivity index (χ3n) is 2.49. The highest BCUT2D eigenvalue weighted by molar-refractivity contribution is 9.10. The molecule has 1 aromatic heterocycles. The molecule has 0 aliphatic carbocycles. The fourth-order valence-electron chi connectivity index (χ4n) is 1.72. The Hall–Kier alpha value is -0.270. The third kappa shape index (κ3) is 3.61. The Morgan fingerprint density at radius 2 is 2.00 bits per heavy atom. The second-order valence-corrected chi connectivity index (χ2v) is 6.64. The quantitative estimate of drug-likeness (QED) is 0.604. The van der Waals surface area contributed by atoms with E-state index >= 15 is 0 Å². The van der Waals surface area contributed by atoms with Gasteiger partial charge in [0, 0.05) is 19.2 Å². The number of nitrogens with one attached hydrogen (secondary N) is 1. The molecule has 3 N–H and O–H groups in total. The van der Waals surface area contributed by atoms with Crippen molar-refractivity contribution in [3.05, 3.63) is 54.8 Å². The molecule has 0 aliphatic rings. The van der Waals surface area contributed by atoms with Crippen molar-refractivity contribution in [2.75, 3.05) is 0 Å². The minimum Gasteiger partial charge on any atom is -0.271 e. The number of rotatable bonds is 4. The summed E-state index contributed by atoms with van der Waals surface area (Å²) < 4.78 is 15.1. The van der Waals surface area contributed by atoms with Crippen molar-refractivity contribution >= 4 is 43.2 Å². The minimum absolute atomic E-state index is 0.0185. The zero-order valence-electron chi connectivity index (χ0n) is 9.29. The third-order valence-corrected chi connectivity index (χ3v) is 4.76. The van der Waals surface area contributed by atoms with Gasteiger partial charge in [0.2, 0.25) is 0 Å². The molecule has 6 heteroatoms. The monoisotopic (exact) mass is 392 g/mol. The zero-order valence-corrected chi connectivity index (χ0v) is 13.3. The fraction of sp³-hybridized carbons (Fsp3) is 0.167. The Labute approximate surface area is 126 Å². The van der Waals surface area contributed by atoms with E-state index in [9.17, 15) is 4.39 Å². The molecule has 2 nitrogen and oxygen atoms in total. The van der Waals surface area contributed by atoms with Crippen LogP contribution in [0.3, 0.4) is 0 Å². The summed E-state index contributed by atoms with van der Waals surface area (Å²) in [5.41, 5.74) is 3.67. The van der Waals surface area contributed by atoms with E-state index in [1.54, 1.807) is 11.3 Å². The molecule has 0 spiro atoms. The first-order chi connectivity index (χ1) is 8.58. The van der Waals surface area contributed by atoms with Crippen LogP contribution in [0, 0.1) is 5.82 Å². The number of benzene rings is 1. The second kappa shape index (κ2) is 6.25. The highest BCUT2D eigenvalue weighted by Crippen LogP contribution is 2.28. The van der Waals surface area contributed by atoms with E-state index in [-0.39, 0.29) is 11.9 Å².